The highest BCUT2D eigenvalue weighted by atomic mass is 16.3. The van der Waals surface area contributed by atoms with Crippen LogP contribution in [-0.4, -0.2) is 14.9 Å². The number of aryl methyl sites for hydroxylation is 1. The smallest absolute Gasteiger partial charge is 0.233 e. The fraction of sp³-hybridized carbons (Fsp3) is 0.727. The molecule has 0 radical (unpaired) electrons. The average molecular weight is 196 g/mol. The third kappa shape index (κ3) is 1.91. The van der Waals surface area contributed by atoms with Gasteiger partial charge in [0.1, 0.15) is 0 Å². The summed E-state index contributed by atoms with van der Waals surface area (Å²) in [7, 11) is 1.89. The van der Waals surface area contributed by atoms with Crippen LogP contribution < -0.4 is 0 Å². The Morgan fingerprint density at radius 1 is 1.36 bits per heavy atom. The molecule has 1 aromatic heterocycles. The minimum atomic E-state index is 0.0350. The molecule has 0 unspecified atom stereocenters. The molecule has 80 valence electrons. The van der Waals surface area contributed by atoms with Gasteiger partial charge < -0.3 is 5.11 Å². The van der Waals surface area contributed by atoms with Crippen molar-refractivity contribution in [3.8, 4) is 5.88 Å². The normalized spacial score (nSPS) is 12.1. The van der Waals surface area contributed by atoms with Crippen molar-refractivity contribution in [2.24, 2.45) is 7.05 Å². The van der Waals surface area contributed by atoms with Crippen LogP contribution in [0, 0.1) is 0 Å². The van der Waals surface area contributed by atoms with Gasteiger partial charge in [0, 0.05) is 18.0 Å². The van der Waals surface area contributed by atoms with Crippen LogP contribution in [0.5, 0.6) is 5.88 Å². The molecule has 0 spiro atoms. The Kier molecular flexibility index (Phi) is 2.88. The number of aromatic nitrogens is 2. The van der Waals surface area contributed by atoms with Gasteiger partial charge in [-0.15, -0.1) is 5.10 Å². The molecule has 0 aliphatic rings. The maximum atomic E-state index is 9.67. The second kappa shape index (κ2) is 3.64. The van der Waals surface area contributed by atoms with Gasteiger partial charge >= 0.3 is 0 Å². The van der Waals surface area contributed by atoms with E-state index in [1.165, 1.54) is 0 Å². The van der Waals surface area contributed by atoms with Crippen molar-refractivity contribution in [3.05, 3.63) is 11.3 Å². The number of aromatic hydroxyl groups is 1. The van der Waals surface area contributed by atoms with Crippen molar-refractivity contribution in [2.75, 3.05) is 0 Å². The van der Waals surface area contributed by atoms with E-state index >= 15 is 0 Å². The third-order valence-electron chi connectivity index (χ3n) is 2.33. The predicted molar refractivity (Wildman–Crippen MR) is 57.6 cm³/mol. The van der Waals surface area contributed by atoms with E-state index in [1.807, 2.05) is 7.05 Å². The molecule has 1 N–H and O–H groups in total. The minimum absolute atomic E-state index is 0.0350. The van der Waals surface area contributed by atoms with Crippen LogP contribution in [0.2, 0.25) is 0 Å². The van der Waals surface area contributed by atoms with Gasteiger partial charge in [0.25, 0.3) is 0 Å². The van der Waals surface area contributed by atoms with Crippen LogP contribution in [-0.2, 0) is 18.9 Å². The lowest BCUT2D eigenvalue weighted by Crippen LogP contribution is -2.18. The molecule has 1 aromatic rings. The first-order valence-corrected chi connectivity index (χ1v) is 5.13. The van der Waals surface area contributed by atoms with Crippen LogP contribution in [0.4, 0.5) is 0 Å². The Labute approximate surface area is 85.8 Å². The molecule has 3 nitrogen and oxygen atoms in total. The molecule has 0 saturated heterocycles. The maximum Gasteiger partial charge on any atom is 0.233 e. The van der Waals surface area contributed by atoms with E-state index in [9.17, 15) is 5.11 Å². The van der Waals surface area contributed by atoms with Crippen LogP contribution in [0.25, 0.3) is 0 Å². The molecular weight excluding hydrogens is 176 g/mol. The van der Waals surface area contributed by atoms with E-state index < -0.39 is 0 Å². The Morgan fingerprint density at radius 2 is 1.93 bits per heavy atom. The van der Waals surface area contributed by atoms with Gasteiger partial charge in [0.15, 0.2) is 0 Å². The monoisotopic (exact) mass is 196 g/mol. The summed E-state index contributed by atoms with van der Waals surface area (Å²) in [5.41, 5.74) is 2.17. The molecular formula is C11H20N2O. The fourth-order valence-electron chi connectivity index (χ4n) is 1.97. The highest BCUT2D eigenvalue weighted by molar-refractivity contribution is 5.34. The lowest BCUT2D eigenvalue weighted by atomic mass is 9.88. The summed E-state index contributed by atoms with van der Waals surface area (Å²) < 4.78 is 1.79. The van der Waals surface area contributed by atoms with Gasteiger partial charge in [-0.25, -0.2) is 0 Å². The summed E-state index contributed by atoms with van der Waals surface area (Å²) in [6, 6.07) is 0. The summed E-state index contributed by atoms with van der Waals surface area (Å²) in [5.74, 6) is 0.194. The fourth-order valence-corrected chi connectivity index (χ4v) is 1.97. The molecule has 0 aliphatic carbocycles. The summed E-state index contributed by atoms with van der Waals surface area (Å²) in [6.45, 7) is 8.53. The van der Waals surface area contributed by atoms with E-state index in [1.54, 1.807) is 4.68 Å². The van der Waals surface area contributed by atoms with Crippen LogP contribution in [0.3, 0.4) is 0 Å². The molecule has 0 fully saturated rings. The highest BCUT2D eigenvalue weighted by Gasteiger charge is 2.25. The molecule has 0 amide bonds. The second-order valence-electron chi connectivity index (χ2n) is 4.77. The van der Waals surface area contributed by atoms with Crippen LogP contribution in [0.15, 0.2) is 0 Å². The number of nitrogens with zero attached hydrogens (tertiary/aromatic N) is 2. The molecule has 0 bridgehead atoms. The number of hydrogen-bond acceptors (Lipinski definition) is 2. The first kappa shape index (κ1) is 11.1. The Hall–Kier alpha value is -0.990. The van der Waals surface area contributed by atoms with Crippen molar-refractivity contribution in [2.45, 2.75) is 46.0 Å². The Morgan fingerprint density at radius 3 is 2.36 bits per heavy atom. The van der Waals surface area contributed by atoms with Crippen molar-refractivity contribution in [1.29, 1.82) is 0 Å². The maximum absolute atomic E-state index is 9.67. The number of rotatable bonds is 2. The van der Waals surface area contributed by atoms with Crippen molar-refractivity contribution in [1.82, 2.24) is 9.78 Å². The van der Waals surface area contributed by atoms with Gasteiger partial charge in [-0.05, 0) is 6.42 Å². The molecule has 1 heterocycles. The van der Waals surface area contributed by atoms with Gasteiger partial charge in [-0.1, -0.05) is 34.1 Å². The molecule has 0 saturated carbocycles. The van der Waals surface area contributed by atoms with Gasteiger partial charge in [-0.2, -0.15) is 0 Å². The summed E-state index contributed by atoms with van der Waals surface area (Å²) in [6.07, 6.45) is 1.93. The SMILES string of the molecule is CCCc1c(O)nn(C)c1C(C)(C)C. The molecule has 3 heteroatoms. The topological polar surface area (TPSA) is 38.1 Å². The minimum Gasteiger partial charge on any atom is -0.492 e. The van der Waals surface area contributed by atoms with E-state index in [0.29, 0.717) is 0 Å². The number of hydrogen-bond donors (Lipinski definition) is 1. The molecule has 1 rings (SSSR count). The lowest BCUT2D eigenvalue weighted by molar-refractivity contribution is 0.438. The zero-order chi connectivity index (χ0) is 10.9. The summed E-state index contributed by atoms with van der Waals surface area (Å²) >= 11 is 0. The zero-order valence-corrected chi connectivity index (χ0v) is 9.76. The van der Waals surface area contributed by atoms with Crippen molar-refractivity contribution < 1.29 is 5.11 Å². The molecule has 0 aromatic carbocycles. The van der Waals surface area contributed by atoms with Gasteiger partial charge in [0.2, 0.25) is 5.88 Å². The largest absolute Gasteiger partial charge is 0.492 e. The standard InChI is InChI=1S/C11H20N2O/c1-6-7-8-9(11(2,3)4)13(5)12-10(8)14/h6-7H2,1-5H3,(H,12,14). The van der Waals surface area contributed by atoms with Gasteiger partial charge in [0.05, 0.1) is 5.69 Å². The summed E-state index contributed by atoms with van der Waals surface area (Å²) in [4.78, 5) is 0. The third-order valence-corrected chi connectivity index (χ3v) is 2.33. The lowest BCUT2D eigenvalue weighted by Gasteiger charge is -2.20. The molecule has 0 atom stereocenters. The first-order chi connectivity index (χ1) is 6.38. The van der Waals surface area contributed by atoms with E-state index in [2.05, 4.69) is 32.8 Å². The van der Waals surface area contributed by atoms with Crippen molar-refractivity contribution in [3.63, 3.8) is 0 Å². The summed E-state index contributed by atoms with van der Waals surface area (Å²) in [5, 5.41) is 13.7. The molecule has 0 aliphatic heterocycles. The van der Waals surface area contributed by atoms with Crippen LogP contribution in [0.1, 0.15) is 45.4 Å². The predicted octanol–water partition coefficient (Wildman–Crippen LogP) is 2.38. The highest BCUT2D eigenvalue weighted by Crippen LogP contribution is 2.31. The van der Waals surface area contributed by atoms with E-state index in [0.717, 1.165) is 24.1 Å². The Balaban J connectivity index is 3.25. The Bertz CT molecular complexity index is 321. The van der Waals surface area contributed by atoms with E-state index in [4.69, 9.17) is 0 Å². The first-order valence-electron chi connectivity index (χ1n) is 5.13. The molecule has 14 heavy (non-hydrogen) atoms. The van der Waals surface area contributed by atoms with Crippen LogP contribution >= 0.6 is 0 Å². The average Bonchev–Trinajstić information content (AvgIpc) is 2.26. The van der Waals surface area contributed by atoms with Crippen molar-refractivity contribution >= 4 is 0 Å². The second-order valence-corrected chi connectivity index (χ2v) is 4.77. The van der Waals surface area contributed by atoms with E-state index in [-0.39, 0.29) is 11.3 Å². The van der Waals surface area contributed by atoms with Gasteiger partial charge in [-0.3, -0.25) is 4.68 Å². The zero-order valence-electron chi connectivity index (χ0n) is 9.76. The quantitative estimate of drug-likeness (QED) is 0.788.